The second-order valence-corrected chi connectivity index (χ2v) is 4.82. The lowest BCUT2D eigenvalue weighted by molar-refractivity contribution is -0.141. The van der Waals surface area contributed by atoms with Crippen molar-refractivity contribution >= 4 is 10.1 Å². The zero-order chi connectivity index (χ0) is 13.1. The molecule has 0 unspecified atom stereocenters. The van der Waals surface area contributed by atoms with Crippen molar-refractivity contribution in [1.82, 2.24) is 0 Å². The molecule has 0 aromatic heterocycles. The first kappa shape index (κ1) is 15.7. The topological polar surface area (TPSA) is 176 Å². The average Bonchev–Trinajstić information content (AvgIpc) is 2.22. The van der Waals surface area contributed by atoms with Crippen LogP contribution >= 0.6 is 0 Å². The highest BCUT2D eigenvalue weighted by molar-refractivity contribution is 7.87. The summed E-state index contributed by atoms with van der Waals surface area (Å²) in [6.45, 7) is -2.63. The lowest BCUT2D eigenvalue weighted by Gasteiger charge is -2.32. The van der Waals surface area contributed by atoms with Crippen molar-refractivity contribution in [3.63, 3.8) is 0 Å². The second kappa shape index (κ2) is 5.33. The summed E-state index contributed by atoms with van der Waals surface area (Å²) in [6.07, 6.45) is -6.83. The highest BCUT2D eigenvalue weighted by atomic mass is 32.2. The Morgan fingerprint density at radius 1 is 1.12 bits per heavy atom. The van der Waals surface area contributed by atoms with E-state index in [-0.39, 0.29) is 0 Å². The quantitative estimate of drug-likeness (QED) is 0.233. The number of aliphatic hydroxyl groups is 6. The van der Waals surface area contributed by atoms with Crippen LogP contribution in [-0.4, -0.2) is 80.1 Å². The van der Waals surface area contributed by atoms with Crippen molar-refractivity contribution < 1.29 is 43.6 Å². The largest absolute Gasteiger partial charge is 0.394 e. The molecular weight excluding hydrogens is 248 g/mol. The van der Waals surface area contributed by atoms with E-state index in [0.717, 1.165) is 0 Å². The van der Waals surface area contributed by atoms with Gasteiger partial charge in [0.25, 0.3) is 10.1 Å². The fourth-order valence-corrected chi connectivity index (χ4v) is 1.52. The van der Waals surface area contributed by atoms with E-state index < -0.39 is 46.6 Å². The van der Waals surface area contributed by atoms with E-state index in [1.54, 1.807) is 0 Å². The van der Waals surface area contributed by atoms with Gasteiger partial charge in [0.05, 0.1) is 13.2 Å². The van der Waals surface area contributed by atoms with Crippen LogP contribution in [0.4, 0.5) is 0 Å². The van der Waals surface area contributed by atoms with E-state index in [1.807, 2.05) is 0 Å². The highest BCUT2D eigenvalue weighted by Gasteiger charge is 2.51. The van der Waals surface area contributed by atoms with Crippen molar-refractivity contribution in [3.05, 3.63) is 0 Å². The summed E-state index contributed by atoms with van der Waals surface area (Å²) in [4.78, 5) is -3.44. The summed E-state index contributed by atoms with van der Waals surface area (Å²) in [5.41, 5.74) is 0. The molecule has 0 aliphatic rings. The molecule has 10 heteroatoms. The van der Waals surface area contributed by atoms with E-state index in [4.69, 9.17) is 25.0 Å². The molecule has 0 aromatic rings. The smallest absolute Gasteiger partial charge is 0.300 e. The third kappa shape index (κ3) is 2.87. The van der Waals surface area contributed by atoms with Crippen LogP contribution in [0.1, 0.15) is 0 Å². The molecule has 0 amide bonds. The Morgan fingerprint density at radius 2 is 1.56 bits per heavy atom. The molecular formula is C6H14O9S. The van der Waals surface area contributed by atoms with Crippen LogP contribution in [0.25, 0.3) is 0 Å². The van der Waals surface area contributed by atoms with Crippen molar-refractivity contribution in [2.45, 2.75) is 23.2 Å². The summed E-state index contributed by atoms with van der Waals surface area (Å²) in [5.74, 6) is 0. The lowest BCUT2D eigenvalue weighted by atomic mass is 10.0. The van der Waals surface area contributed by atoms with Crippen molar-refractivity contribution in [2.75, 3.05) is 13.2 Å². The fourth-order valence-electron chi connectivity index (χ4n) is 0.913. The van der Waals surface area contributed by atoms with Gasteiger partial charge in [0.15, 0.2) is 0 Å². The molecule has 98 valence electrons. The SMILES string of the molecule is O=S(=O)(O)[C@@](O)(CO)[C@@H](O)[C@H](O)[C@@H](O)CO. The normalized spacial score (nSPS) is 22.2. The van der Waals surface area contributed by atoms with Gasteiger partial charge in [0.1, 0.15) is 18.3 Å². The first-order valence-corrected chi connectivity index (χ1v) is 5.51. The Bertz CT molecular complexity index is 314. The monoisotopic (exact) mass is 262 g/mol. The molecule has 16 heavy (non-hydrogen) atoms. The van der Waals surface area contributed by atoms with Crippen LogP contribution in [0.2, 0.25) is 0 Å². The number of hydrogen-bond acceptors (Lipinski definition) is 8. The van der Waals surface area contributed by atoms with Gasteiger partial charge < -0.3 is 30.6 Å². The Morgan fingerprint density at radius 3 is 1.81 bits per heavy atom. The van der Waals surface area contributed by atoms with Gasteiger partial charge in [0, 0.05) is 0 Å². The van der Waals surface area contributed by atoms with E-state index in [9.17, 15) is 18.6 Å². The van der Waals surface area contributed by atoms with E-state index >= 15 is 0 Å². The van der Waals surface area contributed by atoms with Crippen molar-refractivity contribution in [2.24, 2.45) is 0 Å². The molecule has 0 aliphatic carbocycles. The highest BCUT2D eigenvalue weighted by Crippen LogP contribution is 2.21. The van der Waals surface area contributed by atoms with Crippen LogP contribution in [0.15, 0.2) is 0 Å². The van der Waals surface area contributed by atoms with Gasteiger partial charge in [-0.15, -0.1) is 0 Å². The molecule has 0 rings (SSSR count). The summed E-state index contributed by atoms with van der Waals surface area (Å²) < 4.78 is 29.9. The molecule has 0 spiro atoms. The Hall–Kier alpha value is -0.330. The van der Waals surface area contributed by atoms with Gasteiger partial charge >= 0.3 is 0 Å². The molecule has 7 N–H and O–H groups in total. The standard InChI is InChI=1S/C6H14O9S/c7-1-3(9)4(10)5(11)6(12,2-8)16(13,14)15/h3-5,7-12H,1-2H2,(H,13,14,15)/t3-,4+,5-,6-/m0/s1. The minimum atomic E-state index is -5.30. The molecule has 0 aliphatic heterocycles. The van der Waals surface area contributed by atoms with Crippen LogP contribution in [0.5, 0.6) is 0 Å². The van der Waals surface area contributed by atoms with Gasteiger partial charge in [0.2, 0.25) is 4.93 Å². The first-order chi connectivity index (χ1) is 7.11. The van der Waals surface area contributed by atoms with Crippen LogP contribution in [0.3, 0.4) is 0 Å². The minimum absolute atomic E-state index is 1.02. The van der Waals surface area contributed by atoms with Gasteiger partial charge in [-0.05, 0) is 0 Å². The summed E-state index contributed by atoms with van der Waals surface area (Å²) >= 11 is 0. The summed E-state index contributed by atoms with van der Waals surface area (Å²) in [6, 6.07) is 0. The maximum absolute atomic E-state index is 10.7. The fraction of sp³-hybridized carbons (Fsp3) is 1.00. The van der Waals surface area contributed by atoms with Gasteiger partial charge in [-0.3, -0.25) is 4.55 Å². The van der Waals surface area contributed by atoms with Crippen molar-refractivity contribution in [3.8, 4) is 0 Å². The van der Waals surface area contributed by atoms with Crippen LogP contribution < -0.4 is 0 Å². The van der Waals surface area contributed by atoms with E-state index in [2.05, 4.69) is 0 Å². The molecule has 0 saturated heterocycles. The third-order valence-electron chi connectivity index (χ3n) is 2.04. The average molecular weight is 262 g/mol. The van der Waals surface area contributed by atoms with Crippen LogP contribution in [-0.2, 0) is 10.1 Å². The molecule has 0 fully saturated rings. The second-order valence-electron chi connectivity index (χ2n) is 3.16. The van der Waals surface area contributed by atoms with E-state index in [1.165, 1.54) is 0 Å². The lowest BCUT2D eigenvalue weighted by Crippen LogP contribution is -2.59. The molecule has 0 bridgehead atoms. The molecule has 4 atom stereocenters. The zero-order valence-electron chi connectivity index (χ0n) is 8.00. The zero-order valence-corrected chi connectivity index (χ0v) is 8.82. The Kier molecular flexibility index (Phi) is 5.22. The maximum Gasteiger partial charge on any atom is 0.300 e. The number of rotatable bonds is 6. The van der Waals surface area contributed by atoms with Crippen LogP contribution in [0, 0.1) is 0 Å². The van der Waals surface area contributed by atoms with E-state index in [0.29, 0.717) is 0 Å². The first-order valence-electron chi connectivity index (χ1n) is 4.07. The third-order valence-corrected chi connectivity index (χ3v) is 3.30. The Labute approximate surface area is 91.0 Å². The molecule has 9 nitrogen and oxygen atoms in total. The van der Waals surface area contributed by atoms with Crippen molar-refractivity contribution in [1.29, 1.82) is 0 Å². The summed E-state index contributed by atoms with van der Waals surface area (Å²) in [7, 11) is -5.30. The van der Waals surface area contributed by atoms with Gasteiger partial charge in [-0.25, -0.2) is 0 Å². The van der Waals surface area contributed by atoms with Gasteiger partial charge in [-0.1, -0.05) is 0 Å². The predicted octanol–water partition coefficient (Wildman–Crippen LogP) is -4.37. The number of aliphatic hydroxyl groups excluding tert-OH is 5. The summed E-state index contributed by atoms with van der Waals surface area (Å²) in [5, 5.41) is 53.5. The maximum atomic E-state index is 10.7. The molecule has 0 radical (unpaired) electrons. The molecule has 0 aromatic carbocycles. The molecule has 0 saturated carbocycles. The minimum Gasteiger partial charge on any atom is -0.394 e. The number of hydrogen-bond donors (Lipinski definition) is 7. The van der Waals surface area contributed by atoms with Gasteiger partial charge in [-0.2, -0.15) is 8.42 Å². The molecule has 0 heterocycles. The Balaban J connectivity index is 5.14. The predicted molar refractivity (Wildman–Crippen MR) is 48.7 cm³/mol.